The molecule has 1 aliphatic carbocycles. The molecule has 15 heavy (non-hydrogen) atoms. The second-order valence-corrected chi connectivity index (χ2v) is 3.78. The van der Waals surface area contributed by atoms with Crippen LogP contribution >= 0.6 is 0 Å². The zero-order chi connectivity index (χ0) is 10.7. The molecule has 0 atom stereocenters. The molecule has 0 bridgehead atoms. The van der Waals surface area contributed by atoms with Crippen molar-refractivity contribution in [2.45, 2.75) is 18.9 Å². The Morgan fingerprint density at radius 3 is 3.07 bits per heavy atom. The van der Waals surface area contributed by atoms with E-state index in [1.54, 1.807) is 6.07 Å². The Kier molecular flexibility index (Phi) is 2.79. The molecule has 0 spiro atoms. The molecule has 1 aromatic heterocycles. The van der Waals surface area contributed by atoms with Gasteiger partial charge in [0.05, 0.1) is 17.9 Å². The first-order chi connectivity index (χ1) is 7.29. The van der Waals surface area contributed by atoms with Gasteiger partial charge in [0.2, 0.25) is 0 Å². The zero-order valence-corrected chi connectivity index (χ0v) is 8.22. The molecule has 78 valence electrons. The summed E-state index contributed by atoms with van der Waals surface area (Å²) in [6.45, 7) is 0.741. The first-order valence-electron chi connectivity index (χ1n) is 4.93. The Balaban J connectivity index is 1.91. The van der Waals surface area contributed by atoms with E-state index in [1.165, 1.54) is 6.20 Å². The van der Waals surface area contributed by atoms with Crippen molar-refractivity contribution in [3.05, 3.63) is 17.8 Å². The van der Waals surface area contributed by atoms with Crippen molar-refractivity contribution in [3.8, 4) is 6.07 Å². The monoisotopic (exact) mass is 204 g/mol. The average Bonchev–Trinajstić information content (AvgIpc) is 2.23. The second kappa shape index (κ2) is 4.24. The number of aromatic nitrogens is 2. The molecular formula is C10H12N4O. The Hall–Kier alpha value is -1.67. The van der Waals surface area contributed by atoms with Crippen LogP contribution in [0.3, 0.4) is 0 Å². The van der Waals surface area contributed by atoms with E-state index >= 15 is 0 Å². The minimum Gasteiger partial charge on any atom is -0.393 e. The molecule has 2 N–H and O–H groups in total. The number of anilines is 1. The molecule has 5 heteroatoms. The Morgan fingerprint density at radius 1 is 1.60 bits per heavy atom. The van der Waals surface area contributed by atoms with Gasteiger partial charge in [0.15, 0.2) is 5.82 Å². The fraction of sp³-hybridized carbons (Fsp3) is 0.500. The molecule has 0 amide bonds. The molecule has 0 unspecified atom stereocenters. The predicted molar refractivity (Wildman–Crippen MR) is 54.0 cm³/mol. The van der Waals surface area contributed by atoms with Gasteiger partial charge in [-0.1, -0.05) is 0 Å². The number of nitrogens with one attached hydrogen (secondary N) is 1. The van der Waals surface area contributed by atoms with Crippen LogP contribution in [-0.2, 0) is 0 Å². The van der Waals surface area contributed by atoms with Gasteiger partial charge in [-0.3, -0.25) is 0 Å². The van der Waals surface area contributed by atoms with Gasteiger partial charge >= 0.3 is 0 Å². The quantitative estimate of drug-likeness (QED) is 0.750. The summed E-state index contributed by atoms with van der Waals surface area (Å²) in [6, 6.07) is 3.68. The van der Waals surface area contributed by atoms with Crippen LogP contribution in [0.4, 0.5) is 5.82 Å². The van der Waals surface area contributed by atoms with Gasteiger partial charge in [-0.05, 0) is 24.8 Å². The molecule has 0 aromatic carbocycles. The standard InChI is InChI=1S/C10H12N4O/c11-5-8-1-2-13-14-10(8)12-6-7-3-9(15)4-7/h1-2,7,9,15H,3-4,6H2,(H,12,14). The Labute approximate surface area is 87.8 Å². The predicted octanol–water partition coefficient (Wildman–Crippen LogP) is 0.531. The summed E-state index contributed by atoms with van der Waals surface area (Å²) < 4.78 is 0. The van der Waals surface area contributed by atoms with Crippen LogP contribution in [0.1, 0.15) is 18.4 Å². The lowest BCUT2D eigenvalue weighted by Crippen LogP contribution is -2.33. The summed E-state index contributed by atoms with van der Waals surface area (Å²) in [4.78, 5) is 0. The minimum atomic E-state index is -0.144. The topological polar surface area (TPSA) is 81.8 Å². The lowest BCUT2D eigenvalue weighted by molar-refractivity contribution is 0.0486. The van der Waals surface area contributed by atoms with Gasteiger partial charge < -0.3 is 10.4 Å². The van der Waals surface area contributed by atoms with Crippen LogP contribution in [0, 0.1) is 17.2 Å². The normalized spacial score (nSPS) is 24.0. The molecule has 1 saturated carbocycles. The highest BCUT2D eigenvalue weighted by molar-refractivity contribution is 5.50. The van der Waals surface area contributed by atoms with Crippen LogP contribution in [-0.4, -0.2) is 28.0 Å². The summed E-state index contributed by atoms with van der Waals surface area (Å²) in [7, 11) is 0. The van der Waals surface area contributed by atoms with Crippen molar-refractivity contribution in [3.63, 3.8) is 0 Å². The maximum atomic E-state index is 9.11. The molecule has 0 radical (unpaired) electrons. The average molecular weight is 204 g/mol. The first-order valence-corrected chi connectivity index (χ1v) is 4.93. The number of aliphatic hydroxyl groups excluding tert-OH is 1. The van der Waals surface area contributed by atoms with Crippen molar-refractivity contribution >= 4 is 5.82 Å². The smallest absolute Gasteiger partial charge is 0.166 e. The SMILES string of the molecule is N#Cc1ccnnc1NCC1CC(O)C1. The van der Waals surface area contributed by atoms with E-state index in [0.717, 1.165) is 19.4 Å². The van der Waals surface area contributed by atoms with Crippen molar-refractivity contribution < 1.29 is 5.11 Å². The molecular weight excluding hydrogens is 192 g/mol. The number of hydrogen-bond acceptors (Lipinski definition) is 5. The zero-order valence-electron chi connectivity index (χ0n) is 8.22. The highest BCUT2D eigenvalue weighted by atomic mass is 16.3. The summed E-state index contributed by atoms with van der Waals surface area (Å²) in [6.07, 6.45) is 3.01. The molecule has 0 saturated heterocycles. The van der Waals surface area contributed by atoms with Gasteiger partial charge in [0.25, 0.3) is 0 Å². The second-order valence-electron chi connectivity index (χ2n) is 3.78. The van der Waals surface area contributed by atoms with Gasteiger partial charge in [-0.15, -0.1) is 5.10 Å². The highest BCUT2D eigenvalue weighted by Crippen LogP contribution is 2.27. The largest absolute Gasteiger partial charge is 0.393 e. The molecule has 1 aliphatic rings. The molecule has 0 aliphatic heterocycles. The molecule has 1 fully saturated rings. The number of aliphatic hydroxyl groups is 1. The molecule has 2 rings (SSSR count). The lowest BCUT2D eigenvalue weighted by Gasteiger charge is -2.31. The van der Waals surface area contributed by atoms with Crippen LogP contribution < -0.4 is 5.32 Å². The number of hydrogen-bond donors (Lipinski definition) is 2. The van der Waals surface area contributed by atoms with Gasteiger partial charge in [0.1, 0.15) is 6.07 Å². The number of nitrogens with zero attached hydrogens (tertiary/aromatic N) is 3. The van der Waals surface area contributed by atoms with Crippen molar-refractivity contribution in [2.24, 2.45) is 5.92 Å². The fourth-order valence-electron chi connectivity index (χ4n) is 1.66. The fourth-order valence-corrected chi connectivity index (χ4v) is 1.66. The summed E-state index contributed by atoms with van der Waals surface area (Å²) in [5, 5.41) is 28.6. The lowest BCUT2D eigenvalue weighted by atomic mass is 9.82. The van der Waals surface area contributed by atoms with E-state index in [2.05, 4.69) is 15.5 Å². The highest BCUT2D eigenvalue weighted by Gasteiger charge is 2.26. The number of nitriles is 1. The number of rotatable bonds is 3. The van der Waals surface area contributed by atoms with Crippen LogP contribution in [0.2, 0.25) is 0 Å². The van der Waals surface area contributed by atoms with Gasteiger partial charge in [0, 0.05) is 6.54 Å². The molecule has 1 aromatic rings. The Morgan fingerprint density at radius 2 is 2.40 bits per heavy atom. The van der Waals surface area contributed by atoms with Crippen LogP contribution in [0.15, 0.2) is 12.3 Å². The Bertz CT molecular complexity index is 381. The molecule has 1 heterocycles. The van der Waals surface area contributed by atoms with E-state index in [9.17, 15) is 0 Å². The van der Waals surface area contributed by atoms with Crippen molar-refractivity contribution in [1.29, 1.82) is 5.26 Å². The summed E-state index contributed by atoms with van der Waals surface area (Å²) in [5.41, 5.74) is 0.505. The summed E-state index contributed by atoms with van der Waals surface area (Å²) >= 11 is 0. The molecule has 5 nitrogen and oxygen atoms in total. The van der Waals surface area contributed by atoms with Crippen molar-refractivity contribution in [2.75, 3.05) is 11.9 Å². The van der Waals surface area contributed by atoms with E-state index in [4.69, 9.17) is 10.4 Å². The maximum Gasteiger partial charge on any atom is 0.166 e. The third-order valence-electron chi connectivity index (χ3n) is 2.61. The van der Waals surface area contributed by atoms with Crippen molar-refractivity contribution in [1.82, 2.24) is 10.2 Å². The maximum absolute atomic E-state index is 9.11. The minimum absolute atomic E-state index is 0.144. The van der Waals surface area contributed by atoms with Gasteiger partial charge in [-0.25, -0.2) is 0 Å². The summed E-state index contributed by atoms with van der Waals surface area (Å²) in [5.74, 6) is 1.01. The third-order valence-corrected chi connectivity index (χ3v) is 2.61. The van der Waals surface area contributed by atoms with E-state index in [1.807, 2.05) is 6.07 Å². The van der Waals surface area contributed by atoms with Gasteiger partial charge in [-0.2, -0.15) is 10.4 Å². The van der Waals surface area contributed by atoms with E-state index in [-0.39, 0.29) is 6.10 Å². The van der Waals surface area contributed by atoms with Crippen LogP contribution in [0.5, 0.6) is 0 Å². The van der Waals surface area contributed by atoms with E-state index in [0.29, 0.717) is 17.3 Å². The van der Waals surface area contributed by atoms with Crippen LogP contribution in [0.25, 0.3) is 0 Å². The third kappa shape index (κ3) is 2.22. The van der Waals surface area contributed by atoms with E-state index < -0.39 is 0 Å². The first kappa shape index (κ1) is 9.87.